The molecule has 1 aliphatic rings. The van der Waals surface area contributed by atoms with Crippen LogP contribution in [0.2, 0.25) is 5.02 Å². The van der Waals surface area contributed by atoms with Gasteiger partial charge in [0.05, 0.1) is 11.8 Å². The second kappa shape index (κ2) is 14.6. The van der Waals surface area contributed by atoms with E-state index >= 15 is 0 Å². The smallest absolute Gasteiger partial charge is 0.255 e. The highest BCUT2D eigenvalue weighted by Gasteiger charge is 2.26. The molecule has 0 aliphatic heterocycles. The van der Waals surface area contributed by atoms with Gasteiger partial charge in [-0.1, -0.05) is 42.6 Å². The summed E-state index contributed by atoms with van der Waals surface area (Å²) in [5, 5.41) is 11.3. The number of Topliss-reactive ketones (excluding diaryl/α,β-unsaturated/α-hetero) is 1. The number of carbonyl (C=O) groups is 1. The van der Waals surface area contributed by atoms with Crippen LogP contribution in [0.15, 0.2) is 52.9 Å². The highest BCUT2D eigenvalue weighted by Crippen LogP contribution is 2.34. The third-order valence-corrected chi connectivity index (χ3v) is 8.27. The van der Waals surface area contributed by atoms with E-state index in [9.17, 15) is 14.7 Å². The van der Waals surface area contributed by atoms with E-state index in [1.54, 1.807) is 48.4 Å². The minimum Gasteiger partial charge on any atom is -0.393 e. The van der Waals surface area contributed by atoms with E-state index < -0.39 is 0 Å². The van der Waals surface area contributed by atoms with Crippen LogP contribution in [-0.4, -0.2) is 42.7 Å². The summed E-state index contributed by atoms with van der Waals surface area (Å²) in [7, 11) is 0. The molecule has 1 aromatic carbocycles. The zero-order chi connectivity index (χ0) is 26.7. The lowest BCUT2D eigenvalue weighted by Crippen LogP contribution is -2.24. The van der Waals surface area contributed by atoms with Gasteiger partial charge in [-0.05, 0) is 68.4 Å². The Hall–Kier alpha value is -2.55. The fourth-order valence-corrected chi connectivity index (χ4v) is 5.91. The zero-order valence-electron chi connectivity index (χ0n) is 21.6. The first-order valence-corrected chi connectivity index (χ1v) is 14.8. The molecule has 2 N–H and O–H groups in total. The van der Waals surface area contributed by atoms with E-state index in [-0.39, 0.29) is 23.4 Å². The maximum atomic E-state index is 13.1. The van der Waals surface area contributed by atoms with Gasteiger partial charge in [-0.25, -0.2) is 15.0 Å². The molecule has 1 aliphatic carbocycles. The Bertz CT molecular complexity index is 1230. The van der Waals surface area contributed by atoms with Gasteiger partial charge in [0.15, 0.2) is 10.9 Å². The Morgan fingerprint density at radius 3 is 2.42 bits per heavy atom. The zero-order valence-corrected chi connectivity index (χ0v) is 23.1. The van der Waals surface area contributed by atoms with Gasteiger partial charge in [0, 0.05) is 53.1 Å². The summed E-state index contributed by atoms with van der Waals surface area (Å²) in [4.78, 5) is 41.4. The van der Waals surface area contributed by atoms with E-state index in [1.165, 1.54) is 6.33 Å². The first kappa shape index (κ1) is 28.5. The van der Waals surface area contributed by atoms with Crippen molar-refractivity contribution in [3.8, 4) is 0 Å². The van der Waals surface area contributed by atoms with Gasteiger partial charge in [0.1, 0.15) is 6.33 Å². The molecule has 0 saturated heterocycles. The van der Waals surface area contributed by atoms with Gasteiger partial charge >= 0.3 is 0 Å². The van der Waals surface area contributed by atoms with Gasteiger partial charge < -0.3 is 10.1 Å². The normalized spacial score (nSPS) is 17.4. The van der Waals surface area contributed by atoms with Crippen LogP contribution in [0, 0.1) is 0 Å². The molecule has 0 unspecified atom stereocenters. The lowest BCUT2D eigenvalue weighted by molar-refractivity contribution is 0.0979. The number of thioether (sulfide) groups is 1. The number of H-pyrrole nitrogens is 1. The van der Waals surface area contributed by atoms with E-state index in [0.29, 0.717) is 28.6 Å². The topological polar surface area (TPSA) is 109 Å². The van der Waals surface area contributed by atoms with Gasteiger partial charge in [-0.15, -0.1) is 0 Å². The van der Waals surface area contributed by atoms with Crippen LogP contribution in [-0.2, 0) is 6.42 Å². The monoisotopic (exact) mass is 554 g/mol. The molecule has 202 valence electrons. The molecule has 7 nitrogen and oxygen atoms in total. The lowest BCUT2D eigenvalue weighted by atomic mass is 9.83. The molecule has 2 heterocycles. The number of benzene rings is 1. The minimum atomic E-state index is -0.261. The maximum absolute atomic E-state index is 13.1. The highest BCUT2D eigenvalue weighted by atomic mass is 35.5. The second-order valence-corrected chi connectivity index (χ2v) is 11.5. The minimum absolute atomic E-state index is 0.0992. The van der Waals surface area contributed by atoms with Crippen molar-refractivity contribution < 1.29 is 9.90 Å². The van der Waals surface area contributed by atoms with E-state index in [0.717, 1.165) is 80.4 Å². The molecule has 1 saturated carbocycles. The molecule has 38 heavy (non-hydrogen) atoms. The van der Waals surface area contributed by atoms with Crippen molar-refractivity contribution in [2.75, 3.05) is 5.75 Å². The van der Waals surface area contributed by atoms with Crippen molar-refractivity contribution >= 4 is 29.1 Å². The number of hydrogen-bond donors (Lipinski definition) is 2. The third-order valence-electron chi connectivity index (χ3n) is 7.06. The number of aliphatic hydroxyl groups excluding tert-OH is 1. The molecule has 0 amide bonds. The fourth-order valence-electron chi connectivity index (χ4n) is 4.91. The summed E-state index contributed by atoms with van der Waals surface area (Å²) in [5.41, 5.74) is 3.04. The average Bonchev–Trinajstić information content (AvgIpc) is 2.93. The Morgan fingerprint density at radius 1 is 1.00 bits per heavy atom. The molecule has 9 heteroatoms. The molecule has 0 bridgehead atoms. The number of nitrogens with one attached hydrogen (secondary N) is 1. The van der Waals surface area contributed by atoms with Crippen LogP contribution in [0.25, 0.3) is 0 Å². The first-order valence-electron chi connectivity index (χ1n) is 13.5. The number of aromatic amines is 1. The van der Waals surface area contributed by atoms with Crippen LogP contribution in [0.1, 0.15) is 97.3 Å². The van der Waals surface area contributed by atoms with Gasteiger partial charge in [0.25, 0.3) is 5.56 Å². The molecule has 0 radical (unpaired) electrons. The third kappa shape index (κ3) is 8.48. The predicted octanol–water partition coefficient (Wildman–Crippen LogP) is 6.14. The number of aliphatic hydroxyl groups is 1. The SMILES string of the molecule is O=C(CCCCCCCSc1nc(C2CCC(O)CC2)c(Cc2cncnc2)c(=O)[nH]1)c1ccc(Cl)cc1. The molecule has 0 atom stereocenters. The Morgan fingerprint density at radius 2 is 1.68 bits per heavy atom. The predicted molar refractivity (Wildman–Crippen MR) is 151 cm³/mol. The van der Waals surface area contributed by atoms with Gasteiger partial charge in [0.2, 0.25) is 0 Å². The molecule has 4 rings (SSSR count). The van der Waals surface area contributed by atoms with Gasteiger partial charge in [-0.2, -0.15) is 0 Å². The molecular formula is C29H35ClN4O3S. The summed E-state index contributed by atoms with van der Waals surface area (Å²) in [6, 6.07) is 7.07. The summed E-state index contributed by atoms with van der Waals surface area (Å²) in [6.07, 6.45) is 13.9. The number of aromatic nitrogens is 4. The summed E-state index contributed by atoms with van der Waals surface area (Å²) in [6.45, 7) is 0. The number of unbranched alkanes of at least 4 members (excludes halogenated alkanes) is 4. The average molecular weight is 555 g/mol. The van der Waals surface area contributed by atoms with E-state index in [2.05, 4.69) is 15.0 Å². The summed E-state index contributed by atoms with van der Waals surface area (Å²) >= 11 is 7.48. The lowest BCUT2D eigenvalue weighted by Gasteiger charge is -2.26. The van der Waals surface area contributed by atoms with Gasteiger partial charge in [-0.3, -0.25) is 9.59 Å². The summed E-state index contributed by atoms with van der Waals surface area (Å²) in [5.74, 6) is 1.22. The van der Waals surface area contributed by atoms with Crippen molar-refractivity contribution in [3.63, 3.8) is 0 Å². The quantitative estimate of drug-likeness (QED) is 0.113. The molecule has 0 spiro atoms. The van der Waals surface area contributed by atoms with Crippen molar-refractivity contribution in [2.45, 2.75) is 87.8 Å². The Kier molecular flexibility index (Phi) is 10.9. The second-order valence-electron chi connectivity index (χ2n) is 9.96. The number of rotatable bonds is 13. The standard InChI is InChI=1S/C29H35ClN4O3S/c30-23-11-7-21(8-12-23)26(36)6-4-2-1-3-5-15-38-29-33-27(22-9-13-24(35)14-10-22)25(28(37)34-29)16-20-17-31-19-32-18-20/h7-8,11-12,17-19,22,24,35H,1-6,9-10,13-16H2,(H,33,34,37). The Balaban J connectivity index is 1.26. The van der Waals surface area contributed by atoms with Crippen LogP contribution in [0.4, 0.5) is 0 Å². The largest absolute Gasteiger partial charge is 0.393 e. The molecule has 1 fully saturated rings. The Labute approximate surface area is 232 Å². The maximum Gasteiger partial charge on any atom is 0.255 e. The van der Waals surface area contributed by atoms with E-state index in [4.69, 9.17) is 16.6 Å². The number of hydrogen-bond acceptors (Lipinski definition) is 7. The van der Waals surface area contributed by atoms with Crippen molar-refractivity contribution in [2.24, 2.45) is 0 Å². The van der Waals surface area contributed by atoms with Crippen LogP contribution in [0.3, 0.4) is 0 Å². The van der Waals surface area contributed by atoms with Crippen molar-refractivity contribution in [1.29, 1.82) is 0 Å². The van der Waals surface area contributed by atoms with E-state index in [1.807, 2.05) is 0 Å². The molecular weight excluding hydrogens is 520 g/mol. The van der Waals surface area contributed by atoms with Crippen molar-refractivity contribution in [3.05, 3.63) is 80.7 Å². The van der Waals surface area contributed by atoms with Crippen LogP contribution in [0.5, 0.6) is 0 Å². The number of carbonyl (C=O) groups excluding carboxylic acids is 1. The summed E-state index contributed by atoms with van der Waals surface area (Å²) < 4.78 is 0. The van der Waals surface area contributed by atoms with Crippen LogP contribution >= 0.6 is 23.4 Å². The van der Waals surface area contributed by atoms with Crippen molar-refractivity contribution in [1.82, 2.24) is 19.9 Å². The first-order chi connectivity index (χ1) is 18.5. The van der Waals surface area contributed by atoms with Crippen LogP contribution < -0.4 is 5.56 Å². The molecule has 2 aromatic heterocycles. The number of nitrogens with zero attached hydrogens (tertiary/aromatic N) is 3. The number of halogens is 1. The fraction of sp³-hybridized carbons (Fsp3) is 0.483. The number of ketones is 1. The highest BCUT2D eigenvalue weighted by molar-refractivity contribution is 7.99. The molecule has 3 aromatic rings.